The SMILES string of the molecule is CCCN=C1NC(=O)C(=Cc2ccc(OCc3ccc(C(F)(F)F)cc3C(F)(F)F)cc2OC)S1. The van der Waals surface area contributed by atoms with Crippen molar-refractivity contribution in [3.63, 3.8) is 0 Å². The van der Waals surface area contributed by atoms with E-state index in [1.54, 1.807) is 12.1 Å². The fourth-order valence-corrected chi connectivity index (χ4v) is 3.90. The molecule has 0 spiro atoms. The van der Waals surface area contributed by atoms with Gasteiger partial charge in [-0.2, -0.15) is 26.3 Å². The zero-order chi connectivity index (χ0) is 25.8. The molecule has 0 radical (unpaired) electrons. The predicted molar refractivity (Wildman–Crippen MR) is 120 cm³/mol. The normalized spacial score (nSPS) is 16.6. The van der Waals surface area contributed by atoms with Crippen LogP contribution in [-0.4, -0.2) is 24.7 Å². The molecule has 3 rings (SSSR count). The van der Waals surface area contributed by atoms with Crippen LogP contribution < -0.4 is 14.8 Å². The second-order valence-corrected chi connectivity index (χ2v) is 8.34. The van der Waals surface area contributed by atoms with Gasteiger partial charge in [-0.25, -0.2) is 0 Å². The second kappa shape index (κ2) is 10.6. The molecule has 0 aromatic heterocycles. The summed E-state index contributed by atoms with van der Waals surface area (Å²) in [5.41, 5.74) is -2.76. The van der Waals surface area contributed by atoms with Crippen LogP contribution in [0.3, 0.4) is 0 Å². The van der Waals surface area contributed by atoms with Gasteiger partial charge in [-0.1, -0.05) is 13.0 Å². The van der Waals surface area contributed by atoms with E-state index in [9.17, 15) is 31.1 Å². The molecule has 0 atom stereocenters. The van der Waals surface area contributed by atoms with Gasteiger partial charge in [0.1, 0.15) is 18.1 Å². The maximum atomic E-state index is 13.3. The molecule has 1 aliphatic heterocycles. The first-order valence-corrected chi connectivity index (χ1v) is 11.1. The molecule has 0 unspecified atom stereocenters. The highest BCUT2D eigenvalue weighted by Crippen LogP contribution is 2.38. The number of hydrogen-bond donors (Lipinski definition) is 1. The van der Waals surface area contributed by atoms with E-state index in [1.807, 2.05) is 6.92 Å². The molecule has 1 aliphatic rings. The van der Waals surface area contributed by atoms with Crippen molar-refractivity contribution in [3.8, 4) is 11.5 Å². The molecule has 1 saturated heterocycles. The Bertz CT molecular complexity index is 1160. The summed E-state index contributed by atoms with van der Waals surface area (Å²) in [5, 5.41) is 3.14. The number of halogens is 6. The maximum absolute atomic E-state index is 13.3. The molecule has 5 nitrogen and oxygen atoms in total. The average molecular weight is 518 g/mol. The third-order valence-corrected chi connectivity index (χ3v) is 5.71. The molecule has 35 heavy (non-hydrogen) atoms. The van der Waals surface area contributed by atoms with Gasteiger partial charge in [-0.3, -0.25) is 9.79 Å². The lowest BCUT2D eigenvalue weighted by atomic mass is 10.0. The van der Waals surface area contributed by atoms with Crippen LogP contribution in [0.2, 0.25) is 0 Å². The van der Waals surface area contributed by atoms with E-state index >= 15 is 0 Å². The molecule has 1 N–H and O–H groups in total. The number of carbonyl (C=O) groups is 1. The van der Waals surface area contributed by atoms with Gasteiger partial charge in [0.25, 0.3) is 5.91 Å². The van der Waals surface area contributed by atoms with Crippen LogP contribution >= 0.6 is 11.8 Å². The first-order chi connectivity index (χ1) is 16.4. The monoisotopic (exact) mass is 518 g/mol. The Morgan fingerprint density at radius 2 is 1.80 bits per heavy atom. The highest BCUT2D eigenvalue weighted by Gasteiger charge is 2.38. The van der Waals surface area contributed by atoms with Crippen LogP contribution in [-0.2, 0) is 23.8 Å². The summed E-state index contributed by atoms with van der Waals surface area (Å²) in [6, 6.07) is 5.80. The van der Waals surface area contributed by atoms with Crippen LogP contribution in [0.4, 0.5) is 26.3 Å². The summed E-state index contributed by atoms with van der Waals surface area (Å²) in [6.07, 6.45) is -7.50. The van der Waals surface area contributed by atoms with Gasteiger partial charge in [0.15, 0.2) is 5.17 Å². The lowest BCUT2D eigenvalue weighted by molar-refractivity contribution is -0.143. The Balaban J connectivity index is 1.81. The van der Waals surface area contributed by atoms with Crippen molar-refractivity contribution in [1.29, 1.82) is 0 Å². The van der Waals surface area contributed by atoms with Gasteiger partial charge < -0.3 is 14.8 Å². The first kappa shape index (κ1) is 26.5. The van der Waals surface area contributed by atoms with Crippen molar-refractivity contribution in [2.45, 2.75) is 32.3 Å². The first-order valence-electron chi connectivity index (χ1n) is 10.3. The number of alkyl halides is 6. The number of benzene rings is 2. The second-order valence-electron chi connectivity index (χ2n) is 7.31. The highest BCUT2D eigenvalue weighted by atomic mass is 32.2. The van der Waals surface area contributed by atoms with Crippen molar-refractivity contribution in [3.05, 3.63) is 63.6 Å². The number of amides is 1. The summed E-state index contributed by atoms with van der Waals surface area (Å²) in [7, 11) is 1.37. The van der Waals surface area contributed by atoms with E-state index in [-0.39, 0.29) is 23.5 Å². The third-order valence-electron chi connectivity index (χ3n) is 4.76. The van der Waals surface area contributed by atoms with Crippen LogP contribution in [0.15, 0.2) is 46.3 Å². The quantitative estimate of drug-likeness (QED) is 0.346. The molecule has 2 aromatic carbocycles. The molecule has 12 heteroatoms. The number of nitrogens with zero attached hydrogens (tertiary/aromatic N) is 1. The number of nitrogens with one attached hydrogen (secondary N) is 1. The summed E-state index contributed by atoms with van der Waals surface area (Å²) in [6.45, 7) is 1.91. The largest absolute Gasteiger partial charge is 0.496 e. The number of hydrogen-bond acceptors (Lipinski definition) is 5. The van der Waals surface area contributed by atoms with E-state index in [0.717, 1.165) is 12.5 Å². The Morgan fingerprint density at radius 1 is 1.06 bits per heavy atom. The molecule has 188 valence electrons. The average Bonchev–Trinajstić information content (AvgIpc) is 3.14. The Morgan fingerprint density at radius 3 is 2.43 bits per heavy atom. The van der Waals surface area contributed by atoms with Crippen LogP contribution in [0, 0.1) is 0 Å². The molecule has 0 bridgehead atoms. The number of rotatable bonds is 7. The van der Waals surface area contributed by atoms with Crippen LogP contribution in [0.25, 0.3) is 6.08 Å². The Hall–Kier alpha value is -3.15. The zero-order valence-corrected chi connectivity index (χ0v) is 19.3. The number of carbonyl (C=O) groups excluding carboxylic acids is 1. The Kier molecular flexibility index (Phi) is 8.04. The minimum atomic E-state index is -4.99. The number of thioether (sulfide) groups is 1. The van der Waals surface area contributed by atoms with E-state index in [2.05, 4.69) is 10.3 Å². The van der Waals surface area contributed by atoms with E-state index < -0.39 is 35.6 Å². The van der Waals surface area contributed by atoms with Crippen LogP contribution in [0.5, 0.6) is 11.5 Å². The number of ether oxygens (including phenoxy) is 2. The molecule has 1 heterocycles. The third kappa shape index (κ3) is 6.71. The molecule has 1 fully saturated rings. The van der Waals surface area contributed by atoms with Crippen molar-refractivity contribution >= 4 is 28.9 Å². The fourth-order valence-electron chi connectivity index (χ4n) is 3.06. The summed E-state index contributed by atoms with van der Waals surface area (Å²) in [4.78, 5) is 16.8. The lowest BCUT2D eigenvalue weighted by Gasteiger charge is -2.17. The predicted octanol–water partition coefficient (Wildman–Crippen LogP) is 6.28. The van der Waals surface area contributed by atoms with Gasteiger partial charge in [-0.05, 0) is 48.5 Å². The summed E-state index contributed by atoms with van der Waals surface area (Å²) in [5.74, 6) is 0.0887. The maximum Gasteiger partial charge on any atom is 0.416 e. The minimum Gasteiger partial charge on any atom is -0.496 e. The summed E-state index contributed by atoms with van der Waals surface area (Å²) >= 11 is 1.17. The van der Waals surface area contributed by atoms with E-state index in [4.69, 9.17) is 9.47 Å². The summed E-state index contributed by atoms with van der Waals surface area (Å²) < 4.78 is 89.3. The van der Waals surface area contributed by atoms with Gasteiger partial charge >= 0.3 is 12.4 Å². The fraction of sp³-hybridized carbons (Fsp3) is 0.304. The molecule has 1 amide bonds. The minimum absolute atomic E-state index is 0.0664. The molecule has 0 aliphatic carbocycles. The van der Waals surface area contributed by atoms with Gasteiger partial charge in [0, 0.05) is 23.7 Å². The number of amidine groups is 1. The number of aliphatic imine (C=N–C) groups is 1. The molecular weight excluding hydrogens is 498 g/mol. The standard InChI is InChI=1S/C23H20F6N2O3S/c1-3-8-30-21-31-20(32)19(35-21)9-13-5-7-16(11-18(13)33-2)34-12-14-4-6-15(22(24,25)26)10-17(14)23(27,28)29/h4-7,9-11H,3,8,12H2,1-2H3,(H,30,31,32). The van der Waals surface area contributed by atoms with Crippen molar-refractivity contribution < 1.29 is 40.6 Å². The highest BCUT2D eigenvalue weighted by molar-refractivity contribution is 8.18. The van der Waals surface area contributed by atoms with Crippen LogP contribution in [0.1, 0.15) is 35.6 Å². The molecule has 2 aromatic rings. The van der Waals surface area contributed by atoms with E-state index in [0.29, 0.717) is 28.2 Å². The lowest BCUT2D eigenvalue weighted by Crippen LogP contribution is -2.19. The topological polar surface area (TPSA) is 59.9 Å². The Labute approximate surface area is 201 Å². The molecule has 0 saturated carbocycles. The van der Waals surface area contributed by atoms with E-state index in [1.165, 1.54) is 31.0 Å². The zero-order valence-electron chi connectivity index (χ0n) is 18.5. The van der Waals surface area contributed by atoms with Gasteiger partial charge in [-0.15, -0.1) is 0 Å². The van der Waals surface area contributed by atoms with Crippen molar-refractivity contribution in [2.24, 2.45) is 4.99 Å². The van der Waals surface area contributed by atoms with Gasteiger partial charge in [0.05, 0.1) is 23.1 Å². The van der Waals surface area contributed by atoms with Crippen molar-refractivity contribution in [2.75, 3.05) is 13.7 Å². The number of methoxy groups -OCH3 is 1. The molecular formula is C23H20F6N2O3S. The smallest absolute Gasteiger partial charge is 0.416 e. The van der Waals surface area contributed by atoms with Gasteiger partial charge in [0.2, 0.25) is 0 Å². The van der Waals surface area contributed by atoms with Crippen molar-refractivity contribution in [1.82, 2.24) is 5.32 Å².